The third kappa shape index (κ3) is 5.69. The van der Waals surface area contributed by atoms with Crippen LogP contribution in [0.5, 0.6) is 5.75 Å². The Kier molecular flexibility index (Phi) is 7.84. The molecule has 0 atom stereocenters. The van der Waals surface area contributed by atoms with Gasteiger partial charge in [-0.1, -0.05) is 72.8 Å². The van der Waals surface area contributed by atoms with E-state index in [1.165, 1.54) is 18.1 Å². The number of carbonyl (C=O) groups is 3. The molecule has 6 rings (SSSR count). The quantitative estimate of drug-likeness (QED) is 0.285. The second-order valence-corrected chi connectivity index (χ2v) is 10.8. The van der Waals surface area contributed by atoms with Crippen LogP contribution in [0.2, 0.25) is 0 Å². The van der Waals surface area contributed by atoms with Crippen molar-refractivity contribution in [2.75, 3.05) is 37.7 Å². The normalized spacial score (nSPS) is 15.3. The Labute approximate surface area is 245 Å². The predicted molar refractivity (Wildman–Crippen MR) is 162 cm³/mol. The lowest BCUT2D eigenvalue weighted by Crippen LogP contribution is -2.49. The van der Waals surface area contributed by atoms with Crippen LogP contribution in [0.3, 0.4) is 0 Å². The molecule has 0 aliphatic carbocycles. The number of amides is 2. The number of anilines is 1. The molecule has 1 fully saturated rings. The highest BCUT2D eigenvalue weighted by atomic mass is 16.5. The first kappa shape index (κ1) is 27.4. The van der Waals surface area contributed by atoms with Crippen molar-refractivity contribution in [3.8, 4) is 5.75 Å². The van der Waals surface area contributed by atoms with Crippen molar-refractivity contribution in [1.29, 1.82) is 0 Å². The van der Waals surface area contributed by atoms with E-state index in [4.69, 9.17) is 4.74 Å². The van der Waals surface area contributed by atoms with Crippen LogP contribution in [-0.2, 0) is 11.3 Å². The van der Waals surface area contributed by atoms with Gasteiger partial charge < -0.3 is 14.5 Å². The molecule has 0 unspecified atom stereocenters. The SMILES string of the molecule is CC(=O)c1ccc2c(c1)N(Cc1ccc(C(=O)N3CCN(C(c4ccccc4)c4ccccc4)CC3)cc1)C(=O)CO2. The highest BCUT2D eigenvalue weighted by Crippen LogP contribution is 2.34. The first-order valence-corrected chi connectivity index (χ1v) is 14.3. The predicted octanol–water partition coefficient (Wildman–Crippen LogP) is 5.36. The summed E-state index contributed by atoms with van der Waals surface area (Å²) in [5.41, 5.74) is 5.12. The van der Waals surface area contributed by atoms with E-state index in [2.05, 4.69) is 53.4 Å². The molecule has 0 bridgehead atoms. The first-order valence-electron chi connectivity index (χ1n) is 14.3. The molecule has 1 saturated heterocycles. The molecule has 4 aromatic rings. The minimum absolute atomic E-state index is 0.0102. The van der Waals surface area contributed by atoms with Gasteiger partial charge in [-0.25, -0.2) is 0 Å². The molecule has 4 aromatic carbocycles. The average molecular weight is 560 g/mol. The van der Waals surface area contributed by atoms with Crippen LogP contribution in [0.4, 0.5) is 5.69 Å². The van der Waals surface area contributed by atoms with Crippen LogP contribution in [0.25, 0.3) is 0 Å². The van der Waals surface area contributed by atoms with E-state index in [0.29, 0.717) is 42.2 Å². The Morgan fingerprint density at radius 1 is 0.762 bits per heavy atom. The monoisotopic (exact) mass is 559 g/mol. The third-order valence-electron chi connectivity index (χ3n) is 8.05. The smallest absolute Gasteiger partial charge is 0.265 e. The Bertz CT molecular complexity index is 1540. The summed E-state index contributed by atoms with van der Waals surface area (Å²) in [5.74, 6) is 0.337. The molecule has 7 heteroatoms. The van der Waals surface area contributed by atoms with Crippen molar-refractivity contribution in [3.05, 3.63) is 131 Å². The van der Waals surface area contributed by atoms with E-state index in [1.54, 1.807) is 23.1 Å². The molecule has 7 nitrogen and oxygen atoms in total. The number of ketones is 1. The van der Waals surface area contributed by atoms with Gasteiger partial charge in [-0.2, -0.15) is 0 Å². The number of hydrogen-bond acceptors (Lipinski definition) is 5. The van der Waals surface area contributed by atoms with Crippen molar-refractivity contribution in [3.63, 3.8) is 0 Å². The molecule has 2 amide bonds. The summed E-state index contributed by atoms with van der Waals surface area (Å²) in [6, 6.07) is 33.8. The van der Waals surface area contributed by atoms with Gasteiger partial charge in [0.1, 0.15) is 5.75 Å². The fourth-order valence-corrected chi connectivity index (χ4v) is 5.78. The molecule has 42 heavy (non-hydrogen) atoms. The van der Waals surface area contributed by atoms with Crippen LogP contribution >= 0.6 is 0 Å². The van der Waals surface area contributed by atoms with Gasteiger partial charge >= 0.3 is 0 Å². The number of benzene rings is 4. The second kappa shape index (κ2) is 12.0. The molecule has 0 spiro atoms. The fourth-order valence-electron chi connectivity index (χ4n) is 5.78. The number of nitrogens with zero attached hydrogens (tertiary/aromatic N) is 3. The maximum Gasteiger partial charge on any atom is 0.265 e. The standard InChI is InChI=1S/C35H33N3O4/c1-25(39)30-16-17-32-31(22-30)38(33(40)24-42-32)23-26-12-14-29(15-13-26)35(41)37-20-18-36(19-21-37)34(27-8-4-2-5-9-27)28-10-6-3-7-11-28/h2-17,22,34H,18-21,23-24H2,1H3. The van der Waals surface area contributed by atoms with Gasteiger partial charge in [0.05, 0.1) is 18.3 Å². The van der Waals surface area contributed by atoms with Gasteiger partial charge in [-0.05, 0) is 53.9 Å². The average Bonchev–Trinajstić information content (AvgIpc) is 3.04. The zero-order chi connectivity index (χ0) is 29.1. The third-order valence-corrected chi connectivity index (χ3v) is 8.05. The van der Waals surface area contributed by atoms with E-state index >= 15 is 0 Å². The van der Waals surface area contributed by atoms with E-state index in [0.717, 1.165) is 18.7 Å². The molecule has 0 N–H and O–H groups in total. The molecular weight excluding hydrogens is 526 g/mol. The lowest BCUT2D eigenvalue weighted by molar-refractivity contribution is -0.121. The largest absolute Gasteiger partial charge is 0.482 e. The lowest BCUT2D eigenvalue weighted by Gasteiger charge is -2.39. The number of fused-ring (bicyclic) bond motifs is 1. The van der Waals surface area contributed by atoms with Crippen LogP contribution in [0.15, 0.2) is 103 Å². The molecule has 2 aliphatic heterocycles. The van der Waals surface area contributed by atoms with Crippen LogP contribution in [-0.4, -0.2) is 60.2 Å². The maximum atomic E-state index is 13.4. The number of piperazine rings is 1. The summed E-state index contributed by atoms with van der Waals surface area (Å²) in [5, 5.41) is 0. The van der Waals surface area contributed by atoms with Gasteiger partial charge in [0.25, 0.3) is 11.8 Å². The van der Waals surface area contributed by atoms with Crippen molar-refractivity contribution < 1.29 is 19.1 Å². The summed E-state index contributed by atoms with van der Waals surface area (Å²) in [4.78, 5) is 44.1. The van der Waals surface area contributed by atoms with Gasteiger partial charge in [0.2, 0.25) is 0 Å². The van der Waals surface area contributed by atoms with E-state index in [9.17, 15) is 14.4 Å². The van der Waals surface area contributed by atoms with Gasteiger partial charge in [-0.15, -0.1) is 0 Å². The van der Waals surface area contributed by atoms with Crippen molar-refractivity contribution in [2.45, 2.75) is 19.5 Å². The molecule has 2 heterocycles. The minimum atomic E-state index is -0.175. The lowest BCUT2D eigenvalue weighted by atomic mass is 9.96. The van der Waals surface area contributed by atoms with Gasteiger partial charge in [0.15, 0.2) is 12.4 Å². The number of rotatable bonds is 7. The Hall–Kier alpha value is -4.75. The van der Waals surface area contributed by atoms with Crippen molar-refractivity contribution in [1.82, 2.24) is 9.80 Å². The molecule has 0 radical (unpaired) electrons. The van der Waals surface area contributed by atoms with Crippen LogP contribution < -0.4 is 9.64 Å². The number of ether oxygens (including phenoxy) is 1. The van der Waals surface area contributed by atoms with Crippen LogP contribution in [0.1, 0.15) is 50.4 Å². The number of Topliss-reactive ketones (excluding diaryl/α,β-unsaturated/α-hetero) is 1. The zero-order valence-corrected chi connectivity index (χ0v) is 23.6. The molecular formula is C35H33N3O4. The second-order valence-electron chi connectivity index (χ2n) is 10.8. The van der Waals surface area contributed by atoms with E-state index in [1.807, 2.05) is 41.3 Å². The zero-order valence-electron chi connectivity index (χ0n) is 23.6. The topological polar surface area (TPSA) is 70.2 Å². The molecule has 2 aliphatic rings. The summed E-state index contributed by atoms with van der Waals surface area (Å²) < 4.78 is 5.57. The molecule has 0 aromatic heterocycles. The molecule has 212 valence electrons. The highest BCUT2D eigenvalue weighted by molar-refractivity contribution is 6.01. The van der Waals surface area contributed by atoms with E-state index < -0.39 is 0 Å². The number of carbonyl (C=O) groups excluding carboxylic acids is 3. The van der Waals surface area contributed by atoms with Gasteiger partial charge in [-0.3, -0.25) is 19.3 Å². The minimum Gasteiger partial charge on any atom is -0.482 e. The van der Waals surface area contributed by atoms with Gasteiger partial charge in [0, 0.05) is 37.3 Å². The number of hydrogen-bond donors (Lipinski definition) is 0. The maximum absolute atomic E-state index is 13.4. The summed E-state index contributed by atoms with van der Waals surface area (Å²) >= 11 is 0. The summed E-state index contributed by atoms with van der Waals surface area (Å²) in [6.45, 7) is 4.62. The van der Waals surface area contributed by atoms with Crippen molar-refractivity contribution in [2.24, 2.45) is 0 Å². The Morgan fingerprint density at radius 3 is 1.95 bits per heavy atom. The van der Waals surface area contributed by atoms with Crippen LogP contribution in [0, 0.1) is 0 Å². The Morgan fingerprint density at radius 2 is 1.36 bits per heavy atom. The summed E-state index contributed by atoms with van der Waals surface area (Å²) in [7, 11) is 0. The van der Waals surface area contributed by atoms with Crippen molar-refractivity contribution >= 4 is 23.3 Å². The first-order chi connectivity index (χ1) is 20.5. The highest BCUT2D eigenvalue weighted by Gasteiger charge is 2.29. The Balaban J connectivity index is 1.12. The summed E-state index contributed by atoms with van der Waals surface area (Å²) in [6.07, 6.45) is 0. The molecule has 0 saturated carbocycles. The fraction of sp³-hybridized carbons (Fsp3) is 0.229. The van der Waals surface area contributed by atoms with E-state index in [-0.39, 0.29) is 30.2 Å².